The summed E-state index contributed by atoms with van der Waals surface area (Å²) in [5.74, 6) is 0. The fourth-order valence-electron chi connectivity index (χ4n) is 7.74. The molecule has 0 spiro atoms. The molecule has 5 heteroatoms. The Morgan fingerprint density at radius 1 is 0.429 bits per heavy atom. The maximum atomic E-state index is 10.7. The van der Waals surface area contributed by atoms with Crippen molar-refractivity contribution in [2.75, 3.05) is 0 Å². The molecule has 5 nitrogen and oxygen atoms in total. The van der Waals surface area contributed by atoms with Crippen molar-refractivity contribution in [1.82, 2.24) is 9.13 Å². The van der Waals surface area contributed by atoms with Crippen molar-refractivity contribution < 1.29 is 4.42 Å². The lowest BCUT2D eigenvalue weighted by Crippen LogP contribution is -2.04. The quantitative estimate of drug-likeness (QED) is 0.196. The summed E-state index contributed by atoms with van der Waals surface area (Å²) >= 11 is 0. The normalized spacial score (nSPS) is 11.6. The lowest BCUT2D eigenvalue weighted by Gasteiger charge is -2.20. The van der Waals surface area contributed by atoms with Gasteiger partial charge in [-0.1, -0.05) is 91.0 Å². The fraction of sp³-hybridized carbons (Fsp3) is 0. The second-order valence-electron chi connectivity index (χ2n) is 12.3. The first-order chi connectivity index (χ1) is 24.2. The van der Waals surface area contributed by atoms with Gasteiger partial charge in [0.15, 0.2) is 0 Å². The second kappa shape index (κ2) is 10.2. The molecule has 0 saturated carbocycles. The largest absolute Gasteiger partial charge is 0.456 e. The van der Waals surface area contributed by atoms with Crippen LogP contribution < -0.4 is 0 Å². The summed E-state index contributed by atoms with van der Waals surface area (Å²) in [6, 6.07) is 54.2. The number of nitrogens with zero attached hydrogens (tertiary/aromatic N) is 4. The van der Waals surface area contributed by atoms with Crippen LogP contribution in [-0.4, -0.2) is 9.13 Å². The van der Waals surface area contributed by atoms with Gasteiger partial charge in [-0.25, -0.2) is 0 Å². The third-order valence-electron chi connectivity index (χ3n) is 9.77. The fourth-order valence-corrected chi connectivity index (χ4v) is 7.74. The van der Waals surface area contributed by atoms with Crippen molar-refractivity contribution in [2.45, 2.75) is 0 Å². The van der Waals surface area contributed by atoms with Crippen LogP contribution in [0, 0.1) is 22.7 Å². The molecule has 0 aliphatic heterocycles. The molecule has 3 aromatic heterocycles. The van der Waals surface area contributed by atoms with E-state index in [0.717, 1.165) is 88.1 Å². The average Bonchev–Trinajstić information content (AvgIpc) is 3.80. The number of furan rings is 1. The Morgan fingerprint density at radius 3 is 1.71 bits per heavy atom. The van der Waals surface area contributed by atoms with E-state index < -0.39 is 0 Å². The molecule has 0 amide bonds. The van der Waals surface area contributed by atoms with Gasteiger partial charge in [0.05, 0.1) is 50.6 Å². The van der Waals surface area contributed by atoms with Crippen molar-refractivity contribution in [3.05, 3.63) is 157 Å². The van der Waals surface area contributed by atoms with E-state index in [1.807, 2.05) is 60.7 Å². The molecule has 0 radical (unpaired) electrons. The Morgan fingerprint density at radius 2 is 1.02 bits per heavy atom. The van der Waals surface area contributed by atoms with Gasteiger partial charge in [-0.05, 0) is 48.5 Å². The third kappa shape index (κ3) is 3.79. The second-order valence-corrected chi connectivity index (χ2v) is 12.3. The minimum absolute atomic E-state index is 0.428. The van der Waals surface area contributed by atoms with Gasteiger partial charge < -0.3 is 13.6 Å². The van der Waals surface area contributed by atoms with Crippen LogP contribution in [0.4, 0.5) is 0 Å². The van der Waals surface area contributed by atoms with Crippen molar-refractivity contribution in [1.29, 1.82) is 10.5 Å². The summed E-state index contributed by atoms with van der Waals surface area (Å²) in [4.78, 5) is 0. The van der Waals surface area contributed by atoms with Crippen LogP contribution in [0.15, 0.2) is 150 Å². The van der Waals surface area contributed by atoms with E-state index in [2.05, 4.69) is 100 Å². The molecule has 0 unspecified atom stereocenters. The molecule has 0 aliphatic rings. The lowest BCUT2D eigenvalue weighted by atomic mass is 9.95. The standard InChI is InChI=1S/C44H24N4O/c45-25-27-21-28(26-46)44(48-39-18-8-1-11-29(39)30-12-2-9-19-40(30)48)36(22-27)32-14-4-7-17-38(32)47-37-16-6-3-13-31(37)34-23-35-33-15-5-10-20-42(33)49-43(35)24-41(34)47/h1-24H. The smallest absolute Gasteiger partial charge is 0.137 e. The molecule has 10 rings (SSSR count). The zero-order chi connectivity index (χ0) is 32.6. The SMILES string of the molecule is N#Cc1cc(C#N)c(-n2c3ccccc3c3ccccc32)c(-c2ccccc2-n2c3ccccc3c3cc4c(cc32)oc2ccccc24)c1. The number of hydrogen-bond acceptors (Lipinski definition) is 3. The first kappa shape index (κ1) is 27.1. The van der Waals surface area contributed by atoms with Gasteiger partial charge in [-0.3, -0.25) is 0 Å². The number of rotatable bonds is 3. The van der Waals surface area contributed by atoms with Crippen LogP contribution in [0.1, 0.15) is 11.1 Å². The maximum Gasteiger partial charge on any atom is 0.137 e. The highest BCUT2D eigenvalue weighted by molar-refractivity contribution is 6.18. The van der Waals surface area contributed by atoms with E-state index in [-0.39, 0.29) is 0 Å². The number of para-hydroxylation sites is 5. The highest BCUT2D eigenvalue weighted by atomic mass is 16.3. The molecular weight excluding hydrogens is 601 g/mol. The van der Waals surface area contributed by atoms with Crippen LogP contribution in [0.2, 0.25) is 0 Å². The number of fused-ring (bicyclic) bond motifs is 9. The van der Waals surface area contributed by atoms with Crippen molar-refractivity contribution in [3.8, 4) is 34.6 Å². The van der Waals surface area contributed by atoms with Crippen molar-refractivity contribution in [3.63, 3.8) is 0 Å². The summed E-state index contributed by atoms with van der Waals surface area (Å²) in [5.41, 5.74) is 9.96. The summed E-state index contributed by atoms with van der Waals surface area (Å²) in [5, 5.41) is 27.5. The maximum absolute atomic E-state index is 10.7. The predicted molar refractivity (Wildman–Crippen MR) is 197 cm³/mol. The summed E-state index contributed by atoms with van der Waals surface area (Å²) < 4.78 is 10.8. The zero-order valence-electron chi connectivity index (χ0n) is 26.1. The van der Waals surface area contributed by atoms with Crippen LogP contribution in [-0.2, 0) is 0 Å². The Kier molecular flexibility index (Phi) is 5.64. The highest BCUT2D eigenvalue weighted by Crippen LogP contribution is 2.43. The Hall–Kier alpha value is -7.08. The molecule has 10 aromatic rings. The number of nitriles is 2. The molecule has 0 bridgehead atoms. The minimum atomic E-state index is 0.428. The van der Waals surface area contributed by atoms with E-state index in [4.69, 9.17) is 4.42 Å². The Balaban J connectivity index is 1.34. The number of aromatic nitrogens is 2. The molecule has 0 atom stereocenters. The summed E-state index contributed by atoms with van der Waals surface area (Å²) in [6.45, 7) is 0. The van der Waals surface area contributed by atoms with Crippen LogP contribution in [0.25, 0.3) is 88.1 Å². The van der Waals surface area contributed by atoms with E-state index in [1.165, 1.54) is 0 Å². The van der Waals surface area contributed by atoms with Crippen LogP contribution in [0.3, 0.4) is 0 Å². The highest BCUT2D eigenvalue weighted by Gasteiger charge is 2.23. The molecule has 49 heavy (non-hydrogen) atoms. The van der Waals surface area contributed by atoms with E-state index in [9.17, 15) is 10.5 Å². The van der Waals surface area contributed by atoms with Gasteiger partial charge in [0.2, 0.25) is 0 Å². The van der Waals surface area contributed by atoms with E-state index >= 15 is 0 Å². The topological polar surface area (TPSA) is 70.6 Å². The van der Waals surface area contributed by atoms with E-state index in [1.54, 1.807) is 6.07 Å². The molecule has 3 heterocycles. The van der Waals surface area contributed by atoms with Gasteiger partial charge in [-0.15, -0.1) is 0 Å². The van der Waals surface area contributed by atoms with Gasteiger partial charge in [0, 0.05) is 49.5 Å². The summed E-state index contributed by atoms with van der Waals surface area (Å²) in [6.07, 6.45) is 0. The van der Waals surface area contributed by atoms with Crippen LogP contribution >= 0.6 is 0 Å². The molecule has 0 aliphatic carbocycles. The van der Waals surface area contributed by atoms with Crippen molar-refractivity contribution in [2.24, 2.45) is 0 Å². The van der Waals surface area contributed by atoms with Crippen molar-refractivity contribution >= 4 is 65.6 Å². The van der Waals surface area contributed by atoms with Gasteiger partial charge in [-0.2, -0.15) is 10.5 Å². The van der Waals surface area contributed by atoms with Crippen LogP contribution in [0.5, 0.6) is 0 Å². The number of hydrogen-bond donors (Lipinski definition) is 0. The zero-order valence-corrected chi connectivity index (χ0v) is 26.1. The molecule has 0 fully saturated rings. The predicted octanol–water partition coefficient (Wildman–Crippen LogP) is 11.2. The molecule has 0 N–H and O–H groups in total. The molecule has 7 aromatic carbocycles. The van der Waals surface area contributed by atoms with E-state index in [0.29, 0.717) is 11.1 Å². The first-order valence-electron chi connectivity index (χ1n) is 16.1. The average molecular weight is 625 g/mol. The van der Waals surface area contributed by atoms with Gasteiger partial charge in [0.1, 0.15) is 17.2 Å². The Bertz CT molecular complexity index is 3030. The molecule has 0 saturated heterocycles. The summed E-state index contributed by atoms with van der Waals surface area (Å²) in [7, 11) is 0. The van der Waals surface area contributed by atoms with Gasteiger partial charge in [0.25, 0.3) is 0 Å². The minimum Gasteiger partial charge on any atom is -0.456 e. The monoisotopic (exact) mass is 624 g/mol. The Labute approximate surface area is 280 Å². The van der Waals surface area contributed by atoms with Gasteiger partial charge >= 0.3 is 0 Å². The molecule has 226 valence electrons. The number of benzene rings is 7. The first-order valence-corrected chi connectivity index (χ1v) is 16.1. The molecular formula is C44H24N4O. The third-order valence-corrected chi connectivity index (χ3v) is 9.77. The lowest BCUT2D eigenvalue weighted by molar-refractivity contribution is 0.669.